The van der Waals surface area contributed by atoms with Gasteiger partial charge in [-0.05, 0) is 0 Å². The predicted molar refractivity (Wildman–Crippen MR) is 40.2 cm³/mol. The fourth-order valence-corrected chi connectivity index (χ4v) is 1.95. The van der Waals surface area contributed by atoms with Crippen LogP contribution in [0, 0.1) is 0 Å². The molecule has 3 N–H and O–H groups in total. The van der Waals surface area contributed by atoms with E-state index in [2.05, 4.69) is 12.8 Å². The van der Waals surface area contributed by atoms with E-state index in [0.29, 0.717) is 0 Å². The van der Waals surface area contributed by atoms with Crippen LogP contribution >= 0.6 is 12.4 Å². The van der Waals surface area contributed by atoms with Gasteiger partial charge in [0.15, 0.2) is 0 Å². The van der Waals surface area contributed by atoms with E-state index in [0.717, 1.165) is 0 Å². The molecular weight excluding hydrogens is 186 g/mol. The molecule has 0 atom stereocenters. The minimum absolute atomic E-state index is 0. The molecule has 0 aliphatic heterocycles. The Kier molecular flexibility index (Phi) is 11.1. The van der Waals surface area contributed by atoms with Gasteiger partial charge in [0.1, 0.15) is 0 Å². The maximum Gasteiger partial charge on any atom is -0.147 e. The molecule has 0 bridgehead atoms. The summed E-state index contributed by atoms with van der Waals surface area (Å²) in [5, 5.41) is 0. The average molecular weight is 199 g/mol. The average Bonchev–Trinajstić information content (AvgIpc) is 1.72. The number of hydrogen-bond acceptors (Lipinski definition) is 3. The van der Waals surface area contributed by atoms with Gasteiger partial charge in [-0.25, -0.2) is 0 Å². The second kappa shape index (κ2) is 7.71. The number of halogens is 1. The summed E-state index contributed by atoms with van der Waals surface area (Å²) in [4.78, 5) is 0. The molecule has 0 aromatic rings. The molecule has 3 nitrogen and oxygen atoms in total. The zero-order valence-electron chi connectivity index (χ0n) is 5.41. The van der Waals surface area contributed by atoms with Crippen molar-refractivity contribution in [1.29, 1.82) is 0 Å². The van der Waals surface area contributed by atoms with Crippen molar-refractivity contribution in [3.8, 4) is 0 Å². The summed E-state index contributed by atoms with van der Waals surface area (Å²) in [6.45, 7) is 0. The fourth-order valence-electron chi connectivity index (χ4n) is 0.375. The molecule has 0 saturated heterocycles. The van der Waals surface area contributed by atoms with Gasteiger partial charge in [0.05, 0.1) is 0 Å². The standard InChI is InChI=1S/C3H12GeN3.ClH/c1-5-4(6-2)7-3;/h5-7H,1-3H3;1H. The SMILES string of the molecule is C[NH][Ge]([NH]C)[NH]C.Cl. The van der Waals surface area contributed by atoms with Gasteiger partial charge in [0.2, 0.25) is 0 Å². The van der Waals surface area contributed by atoms with Gasteiger partial charge in [0.25, 0.3) is 0 Å². The molecule has 0 heterocycles. The van der Waals surface area contributed by atoms with Crippen molar-refractivity contribution in [3.05, 3.63) is 0 Å². The van der Waals surface area contributed by atoms with Crippen LogP contribution in [0.2, 0.25) is 0 Å². The van der Waals surface area contributed by atoms with Crippen molar-refractivity contribution >= 4 is 27.4 Å². The summed E-state index contributed by atoms with van der Waals surface area (Å²) in [5.41, 5.74) is 0. The summed E-state index contributed by atoms with van der Waals surface area (Å²) >= 11 is -1.15. The third-order valence-electron chi connectivity index (χ3n) is 0.750. The van der Waals surface area contributed by atoms with E-state index in [1.54, 1.807) is 0 Å². The molecule has 0 unspecified atom stereocenters. The van der Waals surface area contributed by atoms with E-state index in [1.807, 2.05) is 21.1 Å². The van der Waals surface area contributed by atoms with Crippen molar-refractivity contribution in [1.82, 2.24) is 12.8 Å². The maximum absolute atomic E-state index is 3.15. The van der Waals surface area contributed by atoms with E-state index >= 15 is 0 Å². The Morgan fingerprint density at radius 1 is 0.875 bits per heavy atom. The van der Waals surface area contributed by atoms with E-state index in [1.165, 1.54) is 0 Å². The molecule has 0 aromatic heterocycles. The first kappa shape index (κ1) is 11.5. The van der Waals surface area contributed by atoms with Crippen LogP contribution in [0.15, 0.2) is 0 Å². The molecule has 0 aliphatic rings. The van der Waals surface area contributed by atoms with Crippen LogP contribution in [0.4, 0.5) is 0 Å². The first-order valence-corrected chi connectivity index (χ1v) is 5.40. The monoisotopic (exact) mass is 200 g/mol. The van der Waals surface area contributed by atoms with Gasteiger partial charge in [-0.1, -0.05) is 0 Å². The van der Waals surface area contributed by atoms with Crippen LogP contribution < -0.4 is 12.8 Å². The molecule has 0 spiro atoms. The van der Waals surface area contributed by atoms with Crippen molar-refractivity contribution in [2.24, 2.45) is 0 Å². The van der Waals surface area contributed by atoms with Gasteiger partial charge >= 0.3 is 49.0 Å². The molecule has 0 aliphatic carbocycles. The Morgan fingerprint density at radius 2 is 1.12 bits per heavy atom. The Labute approximate surface area is 61.8 Å². The van der Waals surface area contributed by atoms with Crippen LogP contribution in [-0.2, 0) is 0 Å². The second-order valence-corrected chi connectivity index (χ2v) is 5.85. The second-order valence-electron chi connectivity index (χ2n) is 1.12. The summed E-state index contributed by atoms with van der Waals surface area (Å²) < 4.78 is 9.44. The molecule has 51 valence electrons. The van der Waals surface area contributed by atoms with Gasteiger partial charge in [-0.2, -0.15) is 0 Å². The third kappa shape index (κ3) is 4.86. The van der Waals surface area contributed by atoms with E-state index in [-0.39, 0.29) is 12.4 Å². The quantitative estimate of drug-likeness (QED) is 0.513. The van der Waals surface area contributed by atoms with E-state index < -0.39 is 15.0 Å². The first-order chi connectivity index (χ1) is 3.35. The fraction of sp³-hybridized carbons (Fsp3) is 1.00. The smallest absolute Gasteiger partial charge is 0.147 e. The zero-order chi connectivity index (χ0) is 5.70. The number of rotatable bonds is 3. The van der Waals surface area contributed by atoms with Crippen molar-refractivity contribution in [2.75, 3.05) is 21.1 Å². The predicted octanol–water partition coefficient (Wildman–Crippen LogP) is -0.949. The van der Waals surface area contributed by atoms with Gasteiger partial charge in [0, 0.05) is 0 Å². The minimum atomic E-state index is -1.15. The molecular formula is C3H13ClGeN3. The summed E-state index contributed by atoms with van der Waals surface area (Å²) in [6, 6.07) is 0. The van der Waals surface area contributed by atoms with Crippen molar-refractivity contribution < 1.29 is 0 Å². The Bertz CT molecular complexity index is 36.0. The van der Waals surface area contributed by atoms with Gasteiger partial charge < -0.3 is 0 Å². The Morgan fingerprint density at radius 3 is 1.12 bits per heavy atom. The molecule has 1 radical (unpaired) electrons. The molecule has 0 rings (SSSR count). The van der Waals surface area contributed by atoms with Crippen molar-refractivity contribution in [2.45, 2.75) is 0 Å². The topological polar surface area (TPSA) is 36.1 Å². The van der Waals surface area contributed by atoms with Crippen LogP contribution in [0.1, 0.15) is 0 Å². The number of nitrogens with one attached hydrogen (secondary N) is 3. The van der Waals surface area contributed by atoms with Gasteiger partial charge in [-0.3, -0.25) is 0 Å². The molecule has 8 heavy (non-hydrogen) atoms. The Hall–Kier alpha value is 0.713. The Balaban J connectivity index is 0. The number of hydrogen-bond donors (Lipinski definition) is 3. The molecule has 0 amide bonds. The van der Waals surface area contributed by atoms with Crippen LogP contribution in [-0.4, -0.2) is 36.2 Å². The van der Waals surface area contributed by atoms with Crippen LogP contribution in [0.25, 0.3) is 0 Å². The largest absolute Gasteiger partial charge is 0.147 e. The van der Waals surface area contributed by atoms with E-state index in [9.17, 15) is 0 Å². The van der Waals surface area contributed by atoms with E-state index in [4.69, 9.17) is 0 Å². The normalized spacial score (nSPS) is 9.00. The molecule has 0 fully saturated rings. The van der Waals surface area contributed by atoms with Crippen LogP contribution in [0.5, 0.6) is 0 Å². The molecule has 0 saturated carbocycles. The summed E-state index contributed by atoms with van der Waals surface area (Å²) in [7, 11) is 5.88. The van der Waals surface area contributed by atoms with Crippen molar-refractivity contribution in [3.63, 3.8) is 0 Å². The minimum Gasteiger partial charge on any atom is -0.147 e. The summed E-state index contributed by atoms with van der Waals surface area (Å²) in [6.07, 6.45) is 0. The maximum atomic E-state index is 3.15. The molecule has 0 aromatic carbocycles. The third-order valence-corrected chi connectivity index (χ3v) is 3.90. The zero-order valence-corrected chi connectivity index (χ0v) is 8.32. The summed E-state index contributed by atoms with van der Waals surface area (Å²) in [5.74, 6) is 0. The first-order valence-electron chi connectivity index (χ1n) is 2.25. The molecule has 5 heteroatoms. The van der Waals surface area contributed by atoms with Gasteiger partial charge in [-0.15, -0.1) is 12.4 Å². The van der Waals surface area contributed by atoms with Crippen LogP contribution in [0.3, 0.4) is 0 Å².